The van der Waals surface area contributed by atoms with Gasteiger partial charge in [-0.2, -0.15) is 0 Å². The van der Waals surface area contributed by atoms with Crippen molar-refractivity contribution in [3.8, 4) is 39.2 Å². The van der Waals surface area contributed by atoms with Crippen LogP contribution in [0.1, 0.15) is 0 Å². The van der Waals surface area contributed by atoms with Crippen molar-refractivity contribution >= 4 is 21.4 Å². The average Bonchev–Trinajstić information content (AvgIpc) is 3.01. The molecule has 0 saturated carbocycles. The first-order chi connectivity index (χ1) is 12.6. The fraction of sp³-hybridized carbons (Fsp3) is 0.0476. The Morgan fingerprint density at radius 3 is 2.12 bits per heavy atom. The standard InChI is InChI=1S/C21H16O4S/c1-24-16-7-2-13(3-8-16)21-20(25-17-9-4-14(22)5-10-17)18-11-6-15(23)12-19(18)26-21/h2-12,22-23H,1H3. The first-order valence-electron chi connectivity index (χ1n) is 8.01. The molecule has 5 heteroatoms. The third-order valence-corrected chi connectivity index (χ3v) is 5.22. The van der Waals surface area contributed by atoms with Crippen LogP contribution in [0.2, 0.25) is 0 Å². The van der Waals surface area contributed by atoms with Crippen LogP contribution in [0.3, 0.4) is 0 Å². The van der Waals surface area contributed by atoms with Gasteiger partial charge in [-0.05, 0) is 72.3 Å². The third kappa shape index (κ3) is 3.05. The summed E-state index contributed by atoms with van der Waals surface area (Å²) in [6.45, 7) is 0. The van der Waals surface area contributed by atoms with Crippen LogP contribution in [0.5, 0.6) is 28.7 Å². The van der Waals surface area contributed by atoms with Crippen LogP contribution < -0.4 is 9.47 Å². The molecule has 0 spiro atoms. The number of aromatic hydroxyl groups is 2. The summed E-state index contributed by atoms with van der Waals surface area (Å²) in [7, 11) is 1.64. The van der Waals surface area contributed by atoms with Crippen molar-refractivity contribution < 1.29 is 19.7 Å². The summed E-state index contributed by atoms with van der Waals surface area (Å²) in [5.74, 6) is 2.55. The van der Waals surface area contributed by atoms with Crippen molar-refractivity contribution in [1.29, 1.82) is 0 Å². The van der Waals surface area contributed by atoms with Crippen molar-refractivity contribution in [2.24, 2.45) is 0 Å². The van der Waals surface area contributed by atoms with E-state index in [9.17, 15) is 10.2 Å². The normalized spacial score (nSPS) is 10.8. The van der Waals surface area contributed by atoms with Gasteiger partial charge in [0, 0.05) is 10.1 Å². The van der Waals surface area contributed by atoms with E-state index in [-0.39, 0.29) is 11.5 Å². The molecule has 0 aliphatic carbocycles. The van der Waals surface area contributed by atoms with E-state index >= 15 is 0 Å². The maximum Gasteiger partial charge on any atom is 0.153 e. The van der Waals surface area contributed by atoms with Gasteiger partial charge in [0.15, 0.2) is 5.75 Å². The summed E-state index contributed by atoms with van der Waals surface area (Å²) in [6.07, 6.45) is 0. The number of methoxy groups -OCH3 is 1. The molecule has 0 fully saturated rings. The molecule has 2 N–H and O–H groups in total. The van der Waals surface area contributed by atoms with Crippen LogP contribution >= 0.6 is 11.3 Å². The van der Waals surface area contributed by atoms with E-state index in [1.54, 1.807) is 54.8 Å². The van der Waals surface area contributed by atoms with Gasteiger partial charge in [0.25, 0.3) is 0 Å². The minimum atomic E-state index is 0.188. The van der Waals surface area contributed by atoms with Crippen molar-refractivity contribution in [2.75, 3.05) is 7.11 Å². The van der Waals surface area contributed by atoms with Crippen LogP contribution in [0.25, 0.3) is 20.5 Å². The Kier molecular flexibility index (Phi) is 4.14. The zero-order valence-corrected chi connectivity index (χ0v) is 14.8. The van der Waals surface area contributed by atoms with E-state index in [4.69, 9.17) is 9.47 Å². The lowest BCUT2D eigenvalue weighted by atomic mass is 10.1. The number of benzene rings is 3. The number of ether oxygens (including phenoxy) is 2. The van der Waals surface area contributed by atoms with Crippen molar-refractivity contribution in [3.05, 3.63) is 66.7 Å². The molecule has 1 heterocycles. The molecule has 0 amide bonds. The van der Waals surface area contributed by atoms with Gasteiger partial charge in [0.05, 0.1) is 12.0 Å². The van der Waals surface area contributed by atoms with Crippen molar-refractivity contribution in [2.45, 2.75) is 0 Å². The second-order valence-corrected chi connectivity index (χ2v) is 6.82. The lowest BCUT2D eigenvalue weighted by Gasteiger charge is -2.09. The highest BCUT2D eigenvalue weighted by Crippen LogP contribution is 2.47. The molecule has 0 unspecified atom stereocenters. The Hall–Kier alpha value is -3.18. The molecule has 0 atom stereocenters. The zero-order chi connectivity index (χ0) is 18.1. The largest absolute Gasteiger partial charge is 0.508 e. The number of phenolic OH excluding ortho intramolecular Hbond substituents is 2. The number of hydrogen-bond acceptors (Lipinski definition) is 5. The zero-order valence-electron chi connectivity index (χ0n) is 14.0. The number of phenols is 2. The molecule has 3 aromatic carbocycles. The van der Waals surface area contributed by atoms with E-state index in [2.05, 4.69) is 0 Å². The summed E-state index contributed by atoms with van der Waals surface area (Å²) in [6, 6.07) is 19.6. The topological polar surface area (TPSA) is 58.9 Å². The van der Waals surface area contributed by atoms with Gasteiger partial charge in [0.2, 0.25) is 0 Å². The van der Waals surface area contributed by atoms with E-state index in [0.717, 1.165) is 32.0 Å². The summed E-state index contributed by atoms with van der Waals surface area (Å²) in [4.78, 5) is 0.960. The summed E-state index contributed by atoms with van der Waals surface area (Å²) in [5, 5.41) is 20.2. The molecule has 4 aromatic rings. The quantitative estimate of drug-likeness (QED) is 0.482. The Morgan fingerprint density at radius 1 is 0.769 bits per heavy atom. The number of rotatable bonds is 4. The van der Waals surface area contributed by atoms with E-state index < -0.39 is 0 Å². The Balaban J connectivity index is 1.85. The molecule has 4 rings (SSSR count). The molecule has 0 aliphatic rings. The molecule has 0 radical (unpaired) electrons. The maximum absolute atomic E-state index is 9.81. The molecule has 0 bridgehead atoms. The minimum Gasteiger partial charge on any atom is -0.508 e. The minimum absolute atomic E-state index is 0.188. The Labute approximate surface area is 154 Å². The second kappa shape index (κ2) is 6.61. The van der Waals surface area contributed by atoms with E-state index in [1.165, 1.54) is 0 Å². The Morgan fingerprint density at radius 2 is 1.42 bits per heavy atom. The summed E-state index contributed by atoms with van der Waals surface area (Å²) < 4.78 is 12.3. The summed E-state index contributed by atoms with van der Waals surface area (Å²) in [5.41, 5.74) is 1.00. The highest BCUT2D eigenvalue weighted by Gasteiger charge is 2.17. The number of fused-ring (bicyclic) bond motifs is 1. The van der Waals surface area contributed by atoms with Crippen LogP contribution in [-0.4, -0.2) is 17.3 Å². The van der Waals surface area contributed by atoms with Crippen molar-refractivity contribution in [1.82, 2.24) is 0 Å². The third-order valence-electron chi connectivity index (χ3n) is 4.04. The van der Waals surface area contributed by atoms with E-state index in [1.807, 2.05) is 30.3 Å². The van der Waals surface area contributed by atoms with Gasteiger partial charge in [-0.15, -0.1) is 11.3 Å². The fourth-order valence-corrected chi connectivity index (χ4v) is 3.90. The van der Waals surface area contributed by atoms with Crippen LogP contribution in [0.4, 0.5) is 0 Å². The van der Waals surface area contributed by atoms with Gasteiger partial charge in [0.1, 0.15) is 23.0 Å². The molecular formula is C21H16O4S. The first kappa shape index (κ1) is 16.3. The summed E-state index contributed by atoms with van der Waals surface area (Å²) >= 11 is 1.55. The maximum atomic E-state index is 9.81. The van der Waals surface area contributed by atoms with Crippen LogP contribution in [-0.2, 0) is 0 Å². The lowest BCUT2D eigenvalue weighted by molar-refractivity contribution is 0.415. The highest BCUT2D eigenvalue weighted by molar-refractivity contribution is 7.22. The van der Waals surface area contributed by atoms with Gasteiger partial charge < -0.3 is 19.7 Å². The van der Waals surface area contributed by atoms with Crippen LogP contribution in [0, 0.1) is 0 Å². The number of hydrogen-bond donors (Lipinski definition) is 2. The molecule has 0 aliphatic heterocycles. The van der Waals surface area contributed by atoms with Gasteiger partial charge in [-0.25, -0.2) is 0 Å². The van der Waals surface area contributed by atoms with Gasteiger partial charge in [-0.3, -0.25) is 0 Å². The van der Waals surface area contributed by atoms with Gasteiger partial charge in [-0.1, -0.05) is 0 Å². The SMILES string of the molecule is COc1ccc(-c2sc3cc(O)ccc3c2Oc2ccc(O)cc2)cc1. The molecule has 0 saturated heterocycles. The molecule has 1 aromatic heterocycles. The predicted molar refractivity (Wildman–Crippen MR) is 104 cm³/mol. The average molecular weight is 364 g/mol. The highest BCUT2D eigenvalue weighted by atomic mass is 32.1. The van der Waals surface area contributed by atoms with E-state index in [0.29, 0.717) is 5.75 Å². The number of thiophene rings is 1. The van der Waals surface area contributed by atoms with Gasteiger partial charge >= 0.3 is 0 Å². The fourth-order valence-electron chi connectivity index (χ4n) is 2.73. The molecule has 130 valence electrons. The predicted octanol–water partition coefficient (Wildman–Crippen LogP) is 5.78. The second-order valence-electron chi connectivity index (χ2n) is 5.77. The van der Waals surface area contributed by atoms with Crippen molar-refractivity contribution in [3.63, 3.8) is 0 Å². The molecular weight excluding hydrogens is 348 g/mol. The monoisotopic (exact) mass is 364 g/mol. The molecule has 4 nitrogen and oxygen atoms in total. The van der Waals surface area contributed by atoms with Crippen LogP contribution in [0.15, 0.2) is 66.7 Å². The smallest absolute Gasteiger partial charge is 0.153 e. The lowest BCUT2D eigenvalue weighted by Crippen LogP contribution is -1.86. The molecule has 26 heavy (non-hydrogen) atoms. The Bertz CT molecular complexity index is 1050. The first-order valence-corrected chi connectivity index (χ1v) is 8.82.